The van der Waals surface area contributed by atoms with Crippen LogP contribution >= 0.6 is 11.6 Å². The van der Waals surface area contributed by atoms with Crippen molar-refractivity contribution in [3.8, 4) is 5.75 Å². The average Bonchev–Trinajstić information content (AvgIpc) is 2.62. The molecule has 0 aliphatic heterocycles. The number of sulfonamides is 1. The second kappa shape index (κ2) is 9.42. The second-order valence-electron chi connectivity index (χ2n) is 5.30. The zero-order valence-corrected chi connectivity index (χ0v) is 15.4. The number of carbonyl (C=O) groups is 1. The smallest absolute Gasteiger partial charge is 0.261 e. The largest absolute Gasteiger partial charge is 0.484 e. The van der Waals surface area contributed by atoms with Gasteiger partial charge in [-0.15, -0.1) is 0 Å². The fraction of sp³-hybridized carbons (Fsp3) is 0.235. The molecule has 0 saturated heterocycles. The highest BCUT2D eigenvalue weighted by atomic mass is 35.5. The third-order valence-electron chi connectivity index (χ3n) is 3.26. The minimum atomic E-state index is -3.74. The van der Waals surface area contributed by atoms with Gasteiger partial charge in [-0.05, 0) is 55.0 Å². The standard InChI is InChI=1S/C17H19ClN2O5S/c18-13-2-4-14(5-3-13)20-26(23,24)16-8-6-15(7-9-16)25-12-17(22)19-10-1-11-21/h2-9,20-21H,1,10-12H2,(H,19,22). The molecule has 0 atom stereocenters. The van der Waals surface area contributed by atoms with Crippen molar-refractivity contribution in [1.82, 2.24) is 5.32 Å². The van der Waals surface area contributed by atoms with Crippen molar-refractivity contribution in [2.75, 3.05) is 24.5 Å². The van der Waals surface area contributed by atoms with Gasteiger partial charge in [0.05, 0.1) is 4.90 Å². The molecule has 0 fully saturated rings. The van der Waals surface area contributed by atoms with Crippen LogP contribution in [0.15, 0.2) is 53.4 Å². The molecule has 0 heterocycles. The predicted molar refractivity (Wildman–Crippen MR) is 98.9 cm³/mol. The van der Waals surface area contributed by atoms with E-state index in [-0.39, 0.29) is 24.0 Å². The number of hydrogen-bond donors (Lipinski definition) is 3. The molecule has 0 unspecified atom stereocenters. The number of carbonyl (C=O) groups excluding carboxylic acids is 1. The average molecular weight is 399 g/mol. The second-order valence-corrected chi connectivity index (χ2v) is 7.42. The Balaban J connectivity index is 1.93. The minimum absolute atomic E-state index is 0.00112. The van der Waals surface area contributed by atoms with E-state index >= 15 is 0 Å². The van der Waals surface area contributed by atoms with Crippen LogP contribution in [0.1, 0.15) is 6.42 Å². The number of hydrogen-bond acceptors (Lipinski definition) is 5. The molecule has 2 aromatic carbocycles. The highest BCUT2D eigenvalue weighted by Gasteiger charge is 2.14. The molecule has 0 aliphatic carbocycles. The maximum absolute atomic E-state index is 12.3. The van der Waals surface area contributed by atoms with Gasteiger partial charge in [-0.2, -0.15) is 0 Å². The first-order chi connectivity index (χ1) is 12.4. The first-order valence-electron chi connectivity index (χ1n) is 7.79. The lowest BCUT2D eigenvalue weighted by Crippen LogP contribution is -2.30. The zero-order chi connectivity index (χ0) is 19.0. The van der Waals surface area contributed by atoms with Crippen LogP contribution in [0, 0.1) is 0 Å². The van der Waals surface area contributed by atoms with E-state index in [1.165, 1.54) is 24.3 Å². The highest BCUT2D eigenvalue weighted by molar-refractivity contribution is 7.92. The lowest BCUT2D eigenvalue weighted by Gasteiger charge is -2.10. The lowest BCUT2D eigenvalue weighted by molar-refractivity contribution is -0.123. The fourth-order valence-electron chi connectivity index (χ4n) is 1.95. The van der Waals surface area contributed by atoms with Gasteiger partial charge < -0.3 is 15.2 Å². The molecule has 2 aromatic rings. The van der Waals surface area contributed by atoms with Crippen LogP contribution in [0.2, 0.25) is 5.02 Å². The number of aliphatic hydroxyl groups excluding tert-OH is 1. The number of halogens is 1. The van der Waals surface area contributed by atoms with Crippen molar-refractivity contribution in [3.05, 3.63) is 53.6 Å². The van der Waals surface area contributed by atoms with Gasteiger partial charge in [0.2, 0.25) is 0 Å². The van der Waals surface area contributed by atoms with Crippen molar-refractivity contribution < 1.29 is 23.1 Å². The van der Waals surface area contributed by atoms with E-state index in [0.29, 0.717) is 29.4 Å². The number of aliphatic hydroxyl groups is 1. The number of nitrogens with one attached hydrogen (secondary N) is 2. The molecular weight excluding hydrogens is 380 g/mol. The molecule has 0 saturated carbocycles. The Labute approximate surface area is 157 Å². The van der Waals surface area contributed by atoms with Gasteiger partial charge in [0.1, 0.15) is 5.75 Å². The third-order valence-corrected chi connectivity index (χ3v) is 4.91. The van der Waals surface area contributed by atoms with Crippen LogP contribution in [-0.4, -0.2) is 39.2 Å². The maximum Gasteiger partial charge on any atom is 0.261 e. The molecule has 0 bridgehead atoms. The molecule has 26 heavy (non-hydrogen) atoms. The van der Waals surface area contributed by atoms with Gasteiger partial charge in [0.15, 0.2) is 6.61 Å². The molecule has 7 nitrogen and oxygen atoms in total. The van der Waals surface area contributed by atoms with Crippen LogP contribution in [0.4, 0.5) is 5.69 Å². The summed E-state index contributed by atoms with van der Waals surface area (Å²) in [5, 5.41) is 11.7. The number of amides is 1. The lowest BCUT2D eigenvalue weighted by atomic mass is 10.3. The SMILES string of the molecule is O=C(COc1ccc(S(=O)(=O)Nc2ccc(Cl)cc2)cc1)NCCCO. The minimum Gasteiger partial charge on any atom is -0.484 e. The maximum atomic E-state index is 12.3. The molecule has 3 N–H and O–H groups in total. The van der Waals surface area contributed by atoms with Crippen molar-refractivity contribution in [2.45, 2.75) is 11.3 Å². The molecule has 9 heteroatoms. The van der Waals surface area contributed by atoms with E-state index < -0.39 is 10.0 Å². The van der Waals surface area contributed by atoms with Crippen molar-refractivity contribution in [3.63, 3.8) is 0 Å². The van der Waals surface area contributed by atoms with Crippen LogP contribution in [0.3, 0.4) is 0 Å². The Morgan fingerprint density at radius 2 is 1.73 bits per heavy atom. The van der Waals surface area contributed by atoms with Gasteiger partial charge in [-0.25, -0.2) is 8.42 Å². The molecule has 140 valence electrons. The predicted octanol–water partition coefficient (Wildman–Crippen LogP) is 2.02. The molecule has 0 spiro atoms. The third kappa shape index (κ3) is 6.21. The van der Waals surface area contributed by atoms with Gasteiger partial charge >= 0.3 is 0 Å². The summed E-state index contributed by atoms with van der Waals surface area (Å²) in [5.41, 5.74) is 0.397. The summed E-state index contributed by atoms with van der Waals surface area (Å²) >= 11 is 5.77. The Bertz CT molecular complexity index is 823. The van der Waals surface area contributed by atoms with Gasteiger partial charge in [0, 0.05) is 23.9 Å². The fourth-order valence-corrected chi connectivity index (χ4v) is 3.14. The van der Waals surface area contributed by atoms with E-state index in [4.69, 9.17) is 21.4 Å². The Kier molecular flexibility index (Phi) is 7.26. The highest BCUT2D eigenvalue weighted by Crippen LogP contribution is 2.20. The Hall–Kier alpha value is -2.29. The summed E-state index contributed by atoms with van der Waals surface area (Å²) in [6.45, 7) is 0.175. The van der Waals surface area contributed by atoms with Crippen LogP contribution in [0.5, 0.6) is 5.75 Å². The number of ether oxygens (including phenoxy) is 1. The topological polar surface area (TPSA) is 105 Å². The molecule has 0 aromatic heterocycles. The summed E-state index contributed by atoms with van der Waals surface area (Å²) in [6, 6.07) is 12.0. The number of rotatable bonds is 9. The van der Waals surface area contributed by atoms with E-state index in [1.54, 1.807) is 24.3 Å². The summed E-state index contributed by atoms with van der Waals surface area (Å²) in [7, 11) is -3.74. The van der Waals surface area contributed by atoms with Crippen molar-refractivity contribution >= 4 is 33.2 Å². The first kappa shape index (κ1) is 20.0. The molecule has 0 aliphatic rings. The quantitative estimate of drug-likeness (QED) is 0.560. The summed E-state index contributed by atoms with van der Waals surface area (Å²) in [4.78, 5) is 11.6. The summed E-state index contributed by atoms with van der Waals surface area (Å²) in [6.07, 6.45) is 0.471. The monoisotopic (exact) mass is 398 g/mol. The molecule has 2 rings (SSSR count). The van der Waals surface area contributed by atoms with E-state index in [1.807, 2.05) is 0 Å². The van der Waals surface area contributed by atoms with Crippen LogP contribution in [0.25, 0.3) is 0 Å². The van der Waals surface area contributed by atoms with E-state index in [2.05, 4.69) is 10.0 Å². The normalized spacial score (nSPS) is 11.0. The van der Waals surface area contributed by atoms with E-state index in [9.17, 15) is 13.2 Å². The number of benzene rings is 2. The van der Waals surface area contributed by atoms with Crippen LogP contribution in [-0.2, 0) is 14.8 Å². The molecular formula is C17H19ClN2O5S. The van der Waals surface area contributed by atoms with Gasteiger partial charge in [-0.1, -0.05) is 11.6 Å². The Morgan fingerprint density at radius 3 is 2.35 bits per heavy atom. The van der Waals surface area contributed by atoms with Crippen molar-refractivity contribution in [1.29, 1.82) is 0 Å². The molecule has 0 radical (unpaired) electrons. The van der Waals surface area contributed by atoms with E-state index in [0.717, 1.165) is 0 Å². The summed E-state index contributed by atoms with van der Waals surface area (Å²) in [5.74, 6) is 0.0484. The van der Waals surface area contributed by atoms with Crippen molar-refractivity contribution in [2.24, 2.45) is 0 Å². The first-order valence-corrected chi connectivity index (χ1v) is 9.65. The van der Waals surface area contributed by atoms with Gasteiger partial charge in [0.25, 0.3) is 15.9 Å². The molecule has 1 amide bonds. The number of anilines is 1. The van der Waals surface area contributed by atoms with Crippen LogP contribution < -0.4 is 14.8 Å². The summed E-state index contributed by atoms with van der Waals surface area (Å²) < 4.78 is 32.4. The Morgan fingerprint density at radius 1 is 1.08 bits per heavy atom. The zero-order valence-electron chi connectivity index (χ0n) is 13.8. The van der Waals surface area contributed by atoms with Gasteiger partial charge in [-0.3, -0.25) is 9.52 Å².